The van der Waals surface area contributed by atoms with E-state index < -0.39 is 0 Å². The number of hydrogen-bond donors (Lipinski definition) is 0. The summed E-state index contributed by atoms with van der Waals surface area (Å²) in [5, 5.41) is 0. The molecule has 0 saturated carbocycles. The van der Waals surface area contributed by atoms with E-state index in [9.17, 15) is 0 Å². The fourth-order valence-electron chi connectivity index (χ4n) is 0.708. The predicted molar refractivity (Wildman–Crippen MR) is 52.2 cm³/mol. The van der Waals surface area contributed by atoms with Crippen LogP contribution >= 0.6 is 0 Å². The van der Waals surface area contributed by atoms with E-state index in [4.69, 9.17) is 0 Å². The summed E-state index contributed by atoms with van der Waals surface area (Å²) in [5.41, 5.74) is 0. The molecule has 0 aromatic carbocycles. The molecule has 0 aromatic heterocycles. The van der Waals surface area contributed by atoms with Gasteiger partial charge in [-0.2, -0.15) is 0 Å². The number of nitrogens with zero attached hydrogens (tertiary/aromatic N) is 1. The monoisotopic (exact) mass is 151 g/mol. The average molecular weight is 151 g/mol. The van der Waals surface area contributed by atoms with Crippen molar-refractivity contribution in [1.29, 1.82) is 0 Å². The van der Waals surface area contributed by atoms with Gasteiger partial charge in [0, 0.05) is 19.2 Å². The van der Waals surface area contributed by atoms with Crippen LogP contribution < -0.4 is 0 Å². The lowest BCUT2D eigenvalue weighted by molar-refractivity contribution is 1.01. The molecule has 1 heteroatoms. The minimum atomic E-state index is 0.943. The third-order valence-corrected chi connectivity index (χ3v) is 1.18. The smallest absolute Gasteiger partial charge is 0.0420 e. The second-order valence-electron chi connectivity index (χ2n) is 1.97. The molecule has 0 atom stereocenters. The lowest BCUT2D eigenvalue weighted by atomic mass is 10.3. The first-order valence-corrected chi connectivity index (χ1v) is 4.30. The normalized spacial score (nSPS) is 21.6. The van der Waals surface area contributed by atoms with Gasteiger partial charge in [-0.25, -0.2) is 0 Å². The molecule has 0 bridgehead atoms. The molecule has 1 nitrogen and oxygen atoms in total. The zero-order valence-electron chi connectivity index (χ0n) is 7.46. The van der Waals surface area contributed by atoms with Gasteiger partial charge in [0.05, 0.1) is 0 Å². The standard InChI is InChI=1S/C8H11N.C2H6/c1-2-4-6-8-9-7-5-3-1;1-2/h1-4,7H,5-6,8H2;1-2H3/b3-1-,4-2-,9-7?;. The number of rotatable bonds is 0. The maximum Gasteiger partial charge on any atom is 0.0420 e. The molecule has 0 aliphatic carbocycles. The summed E-state index contributed by atoms with van der Waals surface area (Å²) in [4.78, 5) is 4.16. The Balaban J connectivity index is 0.000000461. The summed E-state index contributed by atoms with van der Waals surface area (Å²) in [6, 6.07) is 0. The van der Waals surface area contributed by atoms with E-state index in [1.807, 2.05) is 20.1 Å². The van der Waals surface area contributed by atoms with Gasteiger partial charge >= 0.3 is 0 Å². The molecule has 1 heterocycles. The van der Waals surface area contributed by atoms with Gasteiger partial charge in [-0.05, 0) is 6.42 Å². The highest BCUT2D eigenvalue weighted by Crippen LogP contribution is 1.90. The van der Waals surface area contributed by atoms with Crippen molar-refractivity contribution >= 4 is 6.21 Å². The van der Waals surface area contributed by atoms with Crippen molar-refractivity contribution < 1.29 is 0 Å². The second kappa shape index (κ2) is 9.15. The predicted octanol–water partition coefficient (Wildman–Crippen LogP) is 2.99. The van der Waals surface area contributed by atoms with E-state index >= 15 is 0 Å². The van der Waals surface area contributed by atoms with Crippen LogP contribution in [0.15, 0.2) is 29.3 Å². The van der Waals surface area contributed by atoms with Crippen molar-refractivity contribution in [1.82, 2.24) is 0 Å². The van der Waals surface area contributed by atoms with E-state index in [1.165, 1.54) is 0 Å². The first-order valence-electron chi connectivity index (χ1n) is 4.30. The topological polar surface area (TPSA) is 12.4 Å². The van der Waals surface area contributed by atoms with Gasteiger partial charge in [0.1, 0.15) is 0 Å². The van der Waals surface area contributed by atoms with Gasteiger partial charge in [-0.1, -0.05) is 38.2 Å². The van der Waals surface area contributed by atoms with Crippen LogP contribution in [0, 0.1) is 0 Å². The van der Waals surface area contributed by atoms with Crippen molar-refractivity contribution in [3.63, 3.8) is 0 Å². The quantitative estimate of drug-likeness (QED) is 0.504. The highest BCUT2D eigenvalue weighted by atomic mass is 14.7. The molecule has 11 heavy (non-hydrogen) atoms. The molecule has 0 N–H and O–H groups in total. The summed E-state index contributed by atoms with van der Waals surface area (Å²) < 4.78 is 0. The zero-order valence-corrected chi connectivity index (χ0v) is 7.46. The second-order valence-corrected chi connectivity index (χ2v) is 1.97. The Bertz CT molecular complexity index is 143. The van der Waals surface area contributed by atoms with Crippen LogP contribution in [0.5, 0.6) is 0 Å². The Morgan fingerprint density at radius 2 is 1.82 bits per heavy atom. The highest BCUT2D eigenvalue weighted by molar-refractivity contribution is 5.59. The molecule has 0 unspecified atom stereocenters. The first kappa shape index (κ1) is 10.2. The summed E-state index contributed by atoms with van der Waals surface area (Å²) in [5.74, 6) is 0. The van der Waals surface area contributed by atoms with Gasteiger partial charge in [-0.15, -0.1) is 0 Å². The fraction of sp³-hybridized carbons (Fsp3) is 0.500. The lowest BCUT2D eigenvalue weighted by Gasteiger charge is -1.82. The minimum absolute atomic E-state index is 0.943. The number of aliphatic imine (C=N–C) groups is 1. The maximum atomic E-state index is 4.16. The van der Waals surface area contributed by atoms with E-state index in [0.29, 0.717) is 0 Å². The summed E-state index contributed by atoms with van der Waals surface area (Å²) in [6.07, 6.45) is 12.4. The van der Waals surface area contributed by atoms with Crippen LogP contribution in [0.1, 0.15) is 26.7 Å². The molecule has 1 rings (SSSR count). The Labute approximate surface area is 69.5 Å². The van der Waals surface area contributed by atoms with Crippen molar-refractivity contribution in [2.24, 2.45) is 4.99 Å². The van der Waals surface area contributed by atoms with Crippen molar-refractivity contribution in [3.05, 3.63) is 24.3 Å². The van der Waals surface area contributed by atoms with Crippen molar-refractivity contribution in [3.8, 4) is 0 Å². The zero-order chi connectivity index (χ0) is 8.36. The van der Waals surface area contributed by atoms with Gasteiger partial charge in [0.2, 0.25) is 0 Å². The minimum Gasteiger partial charge on any atom is -0.297 e. The van der Waals surface area contributed by atoms with Crippen molar-refractivity contribution in [2.45, 2.75) is 26.7 Å². The Morgan fingerprint density at radius 1 is 1.09 bits per heavy atom. The summed E-state index contributed by atoms with van der Waals surface area (Å²) in [6.45, 7) is 4.94. The van der Waals surface area contributed by atoms with Crippen LogP contribution in [0.4, 0.5) is 0 Å². The number of allylic oxidation sites excluding steroid dienone is 3. The van der Waals surface area contributed by atoms with E-state index in [1.54, 1.807) is 0 Å². The Kier molecular flexibility index (Phi) is 8.44. The molecule has 1 aliphatic heterocycles. The lowest BCUT2D eigenvalue weighted by Crippen LogP contribution is -1.76. The van der Waals surface area contributed by atoms with Crippen LogP contribution in [-0.4, -0.2) is 12.8 Å². The molecule has 62 valence electrons. The van der Waals surface area contributed by atoms with Crippen LogP contribution in [0.2, 0.25) is 0 Å². The molecule has 0 aromatic rings. The largest absolute Gasteiger partial charge is 0.297 e. The first-order chi connectivity index (χ1) is 5.50. The molecule has 1 aliphatic rings. The van der Waals surface area contributed by atoms with Crippen molar-refractivity contribution in [2.75, 3.05) is 6.54 Å². The van der Waals surface area contributed by atoms with Crippen LogP contribution in [-0.2, 0) is 0 Å². The van der Waals surface area contributed by atoms with Crippen LogP contribution in [0.3, 0.4) is 0 Å². The SMILES string of the molecule is C1=NCC/C=C\C=C/C1.CC. The molecule has 0 saturated heterocycles. The molecular weight excluding hydrogens is 134 g/mol. The Morgan fingerprint density at radius 3 is 2.64 bits per heavy atom. The summed E-state index contributed by atoms with van der Waals surface area (Å²) in [7, 11) is 0. The third kappa shape index (κ3) is 7.04. The molecule has 0 radical (unpaired) electrons. The van der Waals surface area contributed by atoms with Gasteiger partial charge < -0.3 is 0 Å². The average Bonchev–Trinajstić information content (AvgIpc) is 2.22. The number of hydrogen-bond acceptors (Lipinski definition) is 1. The maximum absolute atomic E-state index is 4.16. The molecular formula is C10H17N. The fourth-order valence-corrected chi connectivity index (χ4v) is 0.708. The Hall–Kier alpha value is -0.850. The molecule has 0 fully saturated rings. The molecule has 0 spiro atoms. The van der Waals surface area contributed by atoms with Gasteiger partial charge in [0.15, 0.2) is 0 Å². The highest BCUT2D eigenvalue weighted by Gasteiger charge is 1.78. The third-order valence-electron chi connectivity index (χ3n) is 1.18. The van der Waals surface area contributed by atoms with Crippen LogP contribution in [0.25, 0.3) is 0 Å². The van der Waals surface area contributed by atoms with E-state index in [2.05, 4.69) is 29.3 Å². The van der Waals surface area contributed by atoms with E-state index in [0.717, 1.165) is 19.4 Å². The molecule has 0 amide bonds. The summed E-state index contributed by atoms with van der Waals surface area (Å²) >= 11 is 0. The van der Waals surface area contributed by atoms with Gasteiger partial charge in [0.25, 0.3) is 0 Å². The van der Waals surface area contributed by atoms with E-state index in [-0.39, 0.29) is 0 Å². The van der Waals surface area contributed by atoms with Gasteiger partial charge in [-0.3, -0.25) is 4.99 Å².